The molecule has 69 heavy (non-hydrogen) atoms. The molecule has 3 nitrogen and oxygen atoms in total. The zero-order valence-electron chi connectivity index (χ0n) is 42.9. The van der Waals surface area contributed by atoms with E-state index in [9.17, 15) is 4.79 Å². The van der Waals surface area contributed by atoms with Gasteiger partial charge >= 0.3 is 0 Å². The number of para-hydroxylation sites is 2. The van der Waals surface area contributed by atoms with Crippen LogP contribution in [0.1, 0.15) is 164 Å². The molecule has 2 heterocycles. The molecule has 0 N–H and O–H groups in total. The number of hydrogen-bond acceptors (Lipinski definition) is 2. The molecule has 0 fully saturated rings. The fraction of sp³-hybridized carbons (Fsp3) is 0.348. The van der Waals surface area contributed by atoms with E-state index < -0.39 is 0 Å². The third-order valence-electron chi connectivity index (χ3n) is 16.2. The summed E-state index contributed by atoms with van der Waals surface area (Å²) in [6, 6.07) is 48.8. The third kappa shape index (κ3) is 9.11. The molecule has 0 amide bonds. The molecule has 9 rings (SSSR count). The van der Waals surface area contributed by atoms with E-state index in [0.717, 1.165) is 11.4 Å². The highest BCUT2D eigenvalue weighted by molar-refractivity contribution is 6.11. The Morgan fingerprint density at radius 1 is 0.449 bits per heavy atom. The van der Waals surface area contributed by atoms with Crippen molar-refractivity contribution in [3.8, 4) is 16.8 Å². The predicted molar refractivity (Wildman–Crippen MR) is 296 cm³/mol. The lowest BCUT2D eigenvalue weighted by molar-refractivity contribution is 0.103. The number of ketones is 1. The molecule has 0 saturated carbocycles. The largest absolute Gasteiger partial charge is 0.310 e. The van der Waals surface area contributed by atoms with Crippen LogP contribution in [0.25, 0.3) is 38.6 Å². The van der Waals surface area contributed by atoms with E-state index in [1.807, 2.05) is 24.3 Å². The van der Waals surface area contributed by atoms with Gasteiger partial charge in [0.2, 0.25) is 0 Å². The van der Waals surface area contributed by atoms with Gasteiger partial charge in [0.1, 0.15) is 0 Å². The van der Waals surface area contributed by atoms with Crippen LogP contribution < -0.4 is 4.90 Å². The van der Waals surface area contributed by atoms with Crippen molar-refractivity contribution in [2.24, 2.45) is 0 Å². The molecule has 0 unspecified atom stereocenters. The predicted octanol–water partition coefficient (Wildman–Crippen LogP) is 19.1. The lowest BCUT2D eigenvalue weighted by Crippen LogP contribution is -2.35. The highest BCUT2D eigenvalue weighted by Gasteiger charge is 2.42. The number of nitrogens with zero attached hydrogens (tertiary/aromatic N) is 2. The maximum Gasteiger partial charge on any atom is 0.193 e. The van der Waals surface area contributed by atoms with E-state index in [-0.39, 0.29) is 11.2 Å². The first-order valence-corrected chi connectivity index (χ1v) is 26.4. The second-order valence-electron chi connectivity index (χ2n) is 20.5. The number of carbonyl (C=O) groups excluding carboxylic acids is 1. The minimum atomic E-state index is -0.0287. The Hall–Kier alpha value is -6.19. The summed E-state index contributed by atoms with van der Waals surface area (Å²) < 4.78 is 2.38. The smallest absolute Gasteiger partial charge is 0.193 e. The number of carbonyl (C=O) groups is 1. The summed E-state index contributed by atoms with van der Waals surface area (Å²) >= 11 is 0. The maximum absolute atomic E-state index is 14.4. The summed E-state index contributed by atoms with van der Waals surface area (Å²) in [5.74, 6) is 0.0286. The van der Waals surface area contributed by atoms with E-state index in [2.05, 4.69) is 174 Å². The first-order chi connectivity index (χ1) is 33.6. The van der Waals surface area contributed by atoms with Crippen LogP contribution in [0.2, 0.25) is 0 Å². The Labute approximate surface area is 413 Å². The lowest BCUT2D eigenvalue weighted by atomic mass is 9.65. The number of anilines is 3. The molecule has 0 aliphatic carbocycles. The van der Waals surface area contributed by atoms with Crippen LogP contribution in [0, 0.1) is 41.5 Å². The van der Waals surface area contributed by atoms with Crippen LogP contribution in [0.5, 0.6) is 0 Å². The van der Waals surface area contributed by atoms with Crippen molar-refractivity contribution in [1.29, 1.82) is 0 Å². The van der Waals surface area contributed by atoms with Crippen LogP contribution >= 0.6 is 0 Å². The standard InChI is InChI=1S/C66H74N2O/c1-9-11-13-15-17-23-41-66(42-24-18-16-14-12-10-2)58-25-19-21-27-60(58)67(61-28-22-20-26-59(61)66)54-35-30-51(31-36-54)65(69)52-32-37-55(38-33-52)68-62-43-45(3)29-39-56(62)57-40-34-53(44-63(57)68)64-49(7)47(5)46(4)48(6)50(64)8/h19-22,25-40,43-44H,9-18,23-24,41-42H2,1-8H3. The average Bonchev–Trinajstić information content (AvgIpc) is 3.69. The Morgan fingerprint density at radius 2 is 0.899 bits per heavy atom. The van der Waals surface area contributed by atoms with Crippen molar-refractivity contribution in [3.63, 3.8) is 0 Å². The fourth-order valence-corrected chi connectivity index (χ4v) is 12.0. The van der Waals surface area contributed by atoms with E-state index in [4.69, 9.17) is 0 Å². The SMILES string of the molecule is CCCCCCCCC1(CCCCCCCC)c2ccccc2N(c2ccc(C(=O)c3ccc(-n4c5cc(C)ccc5c5ccc(-c6c(C)c(C)c(C)c(C)c6C)cc54)cc3)cc2)c2ccccc21. The van der Waals surface area contributed by atoms with Gasteiger partial charge in [0.25, 0.3) is 0 Å². The van der Waals surface area contributed by atoms with Crippen molar-refractivity contribution in [2.45, 2.75) is 151 Å². The maximum atomic E-state index is 14.4. The molecule has 0 radical (unpaired) electrons. The Morgan fingerprint density at radius 3 is 1.43 bits per heavy atom. The average molecular weight is 911 g/mol. The van der Waals surface area contributed by atoms with Crippen LogP contribution in [0.4, 0.5) is 17.1 Å². The molecule has 0 bridgehead atoms. The summed E-state index contributed by atoms with van der Waals surface area (Å²) in [4.78, 5) is 16.8. The number of aromatic nitrogens is 1. The zero-order valence-corrected chi connectivity index (χ0v) is 42.9. The van der Waals surface area contributed by atoms with Crippen LogP contribution in [-0.4, -0.2) is 10.4 Å². The topological polar surface area (TPSA) is 25.2 Å². The van der Waals surface area contributed by atoms with Gasteiger partial charge < -0.3 is 9.47 Å². The molecule has 1 aliphatic rings. The summed E-state index contributed by atoms with van der Waals surface area (Å²) in [5.41, 5.74) is 21.8. The molecule has 1 aliphatic heterocycles. The molecule has 0 spiro atoms. The molecule has 8 aromatic rings. The molecule has 1 aromatic heterocycles. The Bertz CT molecular complexity index is 3010. The molecule has 354 valence electrons. The van der Waals surface area contributed by atoms with Crippen molar-refractivity contribution < 1.29 is 4.79 Å². The van der Waals surface area contributed by atoms with Gasteiger partial charge in [-0.25, -0.2) is 0 Å². The second kappa shape index (κ2) is 20.8. The second-order valence-corrected chi connectivity index (χ2v) is 20.5. The van der Waals surface area contributed by atoms with E-state index in [0.29, 0.717) is 11.1 Å². The summed E-state index contributed by atoms with van der Waals surface area (Å²) in [6.45, 7) is 18.0. The van der Waals surface area contributed by atoms with Crippen molar-refractivity contribution >= 4 is 44.7 Å². The number of hydrogen-bond donors (Lipinski definition) is 0. The first kappa shape index (κ1) is 47.9. The van der Waals surface area contributed by atoms with Gasteiger partial charge in [-0.1, -0.05) is 152 Å². The molecule has 3 heteroatoms. The van der Waals surface area contributed by atoms with E-state index >= 15 is 0 Å². The monoisotopic (exact) mass is 911 g/mol. The summed E-state index contributed by atoms with van der Waals surface area (Å²) in [7, 11) is 0. The number of rotatable bonds is 19. The van der Waals surface area contributed by atoms with Gasteiger partial charge in [-0.3, -0.25) is 4.79 Å². The minimum absolute atomic E-state index is 0.0286. The van der Waals surface area contributed by atoms with E-state index in [1.54, 1.807) is 0 Å². The zero-order chi connectivity index (χ0) is 48.2. The van der Waals surface area contributed by atoms with Gasteiger partial charge in [0.05, 0.1) is 22.4 Å². The van der Waals surface area contributed by atoms with Crippen molar-refractivity contribution in [3.05, 3.63) is 189 Å². The number of aryl methyl sites for hydroxylation is 1. The van der Waals surface area contributed by atoms with Gasteiger partial charge in [-0.15, -0.1) is 0 Å². The molecule has 0 saturated heterocycles. The number of unbranched alkanes of at least 4 members (excludes halogenated alkanes) is 10. The van der Waals surface area contributed by atoms with Gasteiger partial charge in [-0.2, -0.15) is 0 Å². The quantitative estimate of drug-likeness (QED) is 0.0597. The normalized spacial score (nSPS) is 13.0. The first-order valence-electron chi connectivity index (χ1n) is 26.4. The molecular weight excluding hydrogens is 837 g/mol. The van der Waals surface area contributed by atoms with Gasteiger partial charge in [-0.05, 0) is 183 Å². The molecular formula is C66H74N2O. The lowest BCUT2D eigenvalue weighted by Gasteiger charge is -2.46. The van der Waals surface area contributed by atoms with Crippen LogP contribution in [0.15, 0.2) is 133 Å². The Kier molecular flexibility index (Phi) is 14.4. The van der Waals surface area contributed by atoms with Crippen molar-refractivity contribution in [2.75, 3.05) is 4.90 Å². The number of benzene rings is 7. The van der Waals surface area contributed by atoms with Crippen LogP contribution in [-0.2, 0) is 5.41 Å². The highest BCUT2D eigenvalue weighted by Crippen LogP contribution is 2.56. The molecule has 7 aromatic carbocycles. The number of fused-ring (bicyclic) bond motifs is 5. The van der Waals surface area contributed by atoms with Crippen molar-refractivity contribution in [1.82, 2.24) is 4.57 Å². The summed E-state index contributed by atoms with van der Waals surface area (Å²) in [5, 5.41) is 2.46. The molecule has 0 atom stereocenters. The highest BCUT2D eigenvalue weighted by atomic mass is 16.1. The Balaban J connectivity index is 1.02. The summed E-state index contributed by atoms with van der Waals surface area (Å²) in [6.07, 6.45) is 17.9. The van der Waals surface area contributed by atoms with Crippen LogP contribution in [0.3, 0.4) is 0 Å². The minimum Gasteiger partial charge on any atom is -0.310 e. The van der Waals surface area contributed by atoms with E-state index in [1.165, 1.54) is 179 Å². The third-order valence-corrected chi connectivity index (χ3v) is 16.2. The van der Waals surface area contributed by atoms with Gasteiger partial charge in [0, 0.05) is 38.7 Å². The van der Waals surface area contributed by atoms with Gasteiger partial charge in [0.15, 0.2) is 5.78 Å². The fourth-order valence-electron chi connectivity index (χ4n) is 12.0.